The van der Waals surface area contributed by atoms with Crippen molar-refractivity contribution in [3.05, 3.63) is 55.1 Å². The molecule has 0 radical (unpaired) electrons. The van der Waals surface area contributed by atoms with Crippen molar-refractivity contribution in [3.63, 3.8) is 0 Å². The maximum absolute atomic E-state index is 11.0. The van der Waals surface area contributed by atoms with E-state index >= 15 is 0 Å². The number of hydrogen-bond donors (Lipinski definition) is 1. The van der Waals surface area contributed by atoms with Crippen LogP contribution in [-0.4, -0.2) is 9.91 Å². The smallest absolute Gasteiger partial charge is 0.312 e. The number of benzene rings is 1. The van der Waals surface area contributed by atoms with Crippen molar-refractivity contribution in [3.8, 4) is 0 Å². The molecule has 98 valence electrons. The monoisotopic (exact) mass is 385 g/mol. The van der Waals surface area contributed by atoms with E-state index in [1.807, 2.05) is 25.1 Å². The summed E-state index contributed by atoms with van der Waals surface area (Å²) in [4.78, 5) is 14.6. The fourth-order valence-corrected chi connectivity index (χ4v) is 2.42. The van der Waals surface area contributed by atoms with E-state index in [0.29, 0.717) is 4.47 Å². The fraction of sp³-hybridized carbons (Fsp3) is 0.0833. The molecule has 0 bridgehead atoms. The zero-order chi connectivity index (χ0) is 14.0. The van der Waals surface area contributed by atoms with Crippen LogP contribution in [0.5, 0.6) is 0 Å². The predicted molar refractivity (Wildman–Crippen MR) is 80.8 cm³/mol. The van der Waals surface area contributed by atoms with Gasteiger partial charge in [-0.25, -0.2) is 4.98 Å². The molecule has 5 nitrogen and oxygen atoms in total. The Bertz CT molecular complexity index is 647. The van der Waals surface area contributed by atoms with E-state index in [1.54, 1.807) is 0 Å². The number of nitro groups is 1. The Hall–Kier alpha value is -1.47. The van der Waals surface area contributed by atoms with Crippen LogP contribution >= 0.6 is 31.9 Å². The highest BCUT2D eigenvalue weighted by Gasteiger charge is 2.16. The number of anilines is 2. The molecular weight excluding hydrogens is 378 g/mol. The SMILES string of the molecule is Cc1ccc(Nc2ncc(Br)cc2[N+](=O)[O-])c(Br)c1. The molecule has 2 rings (SSSR count). The van der Waals surface area contributed by atoms with Crippen LogP contribution in [0.4, 0.5) is 17.2 Å². The quantitative estimate of drug-likeness (QED) is 0.619. The third-order valence-electron chi connectivity index (χ3n) is 2.41. The van der Waals surface area contributed by atoms with Gasteiger partial charge in [-0.1, -0.05) is 6.07 Å². The Morgan fingerprint density at radius 2 is 2.05 bits per heavy atom. The van der Waals surface area contributed by atoms with E-state index in [1.165, 1.54) is 12.3 Å². The van der Waals surface area contributed by atoms with E-state index in [-0.39, 0.29) is 11.5 Å². The number of nitrogens with zero attached hydrogens (tertiary/aromatic N) is 2. The van der Waals surface area contributed by atoms with Gasteiger partial charge in [-0.05, 0) is 56.5 Å². The second-order valence-corrected chi connectivity index (χ2v) is 5.66. The van der Waals surface area contributed by atoms with Crippen molar-refractivity contribution in [2.75, 3.05) is 5.32 Å². The summed E-state index contributed by atoms with van der Waals surface area (Å²) < 4.78 is 1.39. The third kappa shape index (κ3) is 3.30. The van der Waals surface area contributed by atoms with Gasteiger partial charge in [0.25, 0.3) is 0 Å². The molecule has 1 aromatic carbocycles. The van der Waals surface area contributed by atoms with Crippen LogP contribution in [0.15, 0.2) is 39.4 Å². The van der Waals surface area contributed by atoms with Crippen LogP contribution < -0.4 is 5.32 Å². The lowest BCUT2D eigenvalue weighted by Crippen LogP contribution is -2.00. The average Bonchev–Trinajstić information content (AvgIpc) is 2.34. The number of nitrogens with one attached hydrogen (secondary N) is 1. The van der Waals surface area contributed by atoms with Crippen molar-refractivity contribution >= 4 is 49.1 Å². The number of aromatic nitrogens is 1. The molecular formula is C12H9Br2N3O2. The Labute approximate surface area is 126 Å². The van der Waals surface area contributed by atoms with Gasteiger partial charge in [0.05, 0.1) is 10.6 Å². The molecule has 0 amide bonds. The van der Waals surface area contributed by atoms with Gasteiger partial charge in [-0.15, -0.1) is 0 Å². The number of aryl methyl sites for hydroxylation is 1. The van der Waals surface area contributed by atoms with Crippen LogP contribution in [0.2, 0.25) is 0 Å². The van der Waals surface area contributed by atoms with Crippen molar-refractivity contribution in [1.29, 1.82) is 0 Å². The molecule has 0 saturated carbocycles. The Balaban J connectivity index is 2.40. The minimum atomic E-state index is -0.470. The molecule has 1 N–H and O–H groups in total. The molecule has 1 aromatic heterocycles. The van der Waals surface area contributed by atoms with Crippen LogP contribution in [-0.2, 0) is 0 Å². The van der Waals surface area contributed by atoms with E-state index in [4.69, 9.17) is 0 Å². The summed E-state index contributed by atoms with van der Waals surface area (Å²) in [5, 5.41) is 14.0. The van der Waals surface area contributed by atoms with Crippen LogP contribution in [0, 0.1) is 17.0 Å². The fourth-order valence-electron chi connectivity index (χ4n) is 1.51. The summed E-state index contributed by atoms with van der Waals surface area (Å²) >= 11 is 6.58. The highest BCUT2D eigenvalue weighted by atomic mass is 79.9. The average molecular weight is 387 g/mol. The molecule has 0 aliphatic carbocycles. The highest BCUT2D eigenvalue weighted by molar-refractivity contribution is 9.10. The Kier molecular flexibility index (Phi) is 4.16. The molecule has 7 heteroatoms. The van der Waals surface area contributed by atoms with Gasteiger partial charge in [0.2, 0.25) is 5.82 Å². The summed E-state index contributed by atoms with van der Waals surface area (Å²) in [5.41, 5.74) is 1.74. The lowest BCUT2D eigenvalue weighted by molar-refractivity contribution is -0.384. The first-order chi connectivity index (χ1) is 8.97. The van der Waals surface area contributed by atoms with Gasteiger partial charge in [0.15, 0.2) is 0 Å². The van der Waals surface area contributed by atoms with Crippen LogP contribution in [0.3, 0.4) is 0 Å². The van der Waals surface area contributed by atoms with Gasteiger partial charge in [-0.2, -0.15) is 0 Å². The maximum Gasteiger partial charge on any atom is 0.312 e. The predicted octanol–water partition coefficient (Wildman–Crippen LogP) is 4.57. The van der Waals surface area contributed by atoms with Gasteiger partial charge < -0.3 is 5.32 Å². The summed E-state index contributed by atoms with van der Waals surface area (Å²) in [7, 11) is 0. The third-order valence-corrected chi connectivity index (χ3v) is 3.50. The van der Waals surface area contributed by atoms with E-state index in [9.17, 15) is 10.1 Å². The second-order valence-electron chi connectivity index (χ2n) is 3.89. The summed E-state index contributed by atoms with van der Waals surface area (Å²) in [6.07, 6.45) is 1.51. The minimum absolute atomic E-state index is 0.0816. The first-order valence-electron chi connectivity index (χ1n) is 5.30. The van der Waals surface area contributed by atoms with Gasteiger partial charge in [0.1, 0.15) is 0 Å². The Morgan fingerprint density at radius 3 is 2.68 bits per heavy atom. The molecule has 0 aliphatic rings. The van der Waals surface area contributed by atoms with E-state index in [2.05, 4.69) is 42.2 Å². The molecule has 2 aromatic rings. The number of rotatable bonds is 3. The number of hydrogen-bond acceptors (Lipinski definition) is 4. The minimum Gasteiger partial charge on any atom is -0.334 e. The van der Waals surface area contributed by atoms with E-state index < -0.39 is 4.92 Å². The lowest BCUT2D eigenvalue weighted by Gasteiger charge is -2.09. The lowest BCUT2D eigenvalue weighted by atomic mass is 10.2. The molecule has 1 heterocycles. The summed E-state index contributed by atoms with van der Waals surface area (Å²) in [5.74, 6) is 0.206. The van der Waals surface area contributed by atoms with Gasteiger partial charge >= 0.3 is 5.69 Å². The molecule has 0 spiro atoms. The second kappa shape index (κ2) is 5.66. The molecule has 0 saturated heterocycles. The summed E-state index contributed by atoms with van der Waals surface area (Å²) in [6.45, 7) is 1.97. The zero-order valence-electron chi connectivity index (χ0n) is 9.85. The zero-order valence-corrected chi connectivity index (χ0v) is 13.0. The maximum atomic E-state index is 11.0. The van der Waals surface area contributed by atoms with Crippen molar-refractivity contribution in [1.82, 2.24) is 4.98 Å². The molecule has 19 heavy (non-hydrogen) atoms. The van der Waals surface area contributed by atoms with Crippen molar-refractivity contribution in [2.45, 2.75) is 6.92 Å². The molecule has 0 unspecified atom stereocenters. The standard InChI is InChI=1S/C12H9Br2N3O2/c1-7-2-3-10(9(14)4-7)16-12-11(17(18)19)5-8(13)6-15-12/h2-6H,1H3,(H,15,16). The van der Waals surface area contributed by atoms with Crippen molar-refractivity contribution in [2.24, 2.45) is 0 Å². The first kappa shape index (κ1) is 14.0. The molecule has 0 aliphatic heterocycles. The molecule has 0 atom stereocenters. The Morgan fingerprint density at radius 1 is 1.32 bits per heavy atom. The van der Waals surface area contributed by atoms with E-state index in [0.717, 1.165) is 15.7 Å². The van der Waals surface area contributed by atoms with Gasteiger partial charge in [-0.3, -0.25) is 10.1 Å². The largest absolute Gasteiger partial charge is 0.334 e. The number of pyridine rings is 1. The highest BCUT2D eigenvalue weighted by Crippen LogP contribution is 2.31. The van der Waals surface area contributed by atoms with Gasteiger partial charge in [0, 0.05) is 21.2 Å². The normalized spacial score (nSPS) is 10.3. The number of halogens is 2. The topological polar surface area (TPSA) is 68.1 Å². The summed E-state index contributed by atoms with van der Waals surface area (Å²) in [6, 6.07) is 7.09. The first-order valence-corrected chi connectivity index (χ1v) is 6.89. The van der Waals surface area contributed by atoms with Crippen LogP contribution in [0.25, 0.3) is 0 Å². The van der Waals surface area contributed by atoms with Crippen molar-refractivity contribution < 1.29 is 4.92 Å². The van der Waals surface area contributed by atoms with Crippen LogP contribution in [0.1, 0.15) is 5.56 Å². The molecule has 0 fully saturated rings.